The summed E-state index contributed by atoms with van der Waals surface area (Å²) in [6.45, 7) is 2.12. The number of nitrogens with one attached hydrogen (secondary N) is 1. The zero-order valence-electron chi connectivity index (χ0n) is 25.3. The molecule has 4 aliphatic rings. The van der Waals surface area contributed by atoms with E-state index in [0.29, 0.717) is 6.42 Å². The molecule has 1 N–H and O–H groups in total. The smallest absolute Gasteiger partial charge is 0.224 e. The maximum atomic E-state index is 12.6. The topological polar surface area (TPSA) is 29.1 Å². The van der Waals surface area contributed by atoms with Crippen LogP contribution in [0.5, 0.6) is 0 Å². The Balaban J connectivity index is 1.14. The van der Waals surface area contributed by atoms with Gasteiger partial charge in [0.05, 0.1) is 0 Å². The molecule has 0 heterocycles. The number of amides is 1. The first kappa shape index (κ1) is 25.2. The minimum Gasteiger partial charge on any atom is -0.326 e. The van der Waals surface area contributed by atoms with E-state index < -0.39 is 0 Å². The largest absolute Gasteiger partial charge is 0.326 e. The Morgan fingerprint density at radius 3 is 2.00 bits per heavy atom. The molecule has 1 amide bonds. The molecule has 0 fully saturated rings. The number of hydrogen-bond donors (Lipinski definition) is 1. The van der Waals surface area contributed by atoms with Crippen molar-refractivity contribution >= 4 is 80.4 Å². The first-order valence-electron chi connectivity index (χ1n) is 16.3. The number of anilines is 1. The van der Waals surface area contributed by atoms with Gasteiger partial charge < -0.3 is 5.32 Å². The molecule has 4 aliphatic carbocycles. The molecular weight excluding hydrogens is 546 g/mol. The van der Waals surface area contributed by atoms with Gasteiger partial charge in [0.1, 0.15) is 0 Å². The lowest BCUT2D eigenvalue weighted by molar-refractivity contribution is -0.116. The van der Waals surface area contributed by atoms with Gasteiger partial charge in [0, 0.05) is 17.5 Å². The molecule has 0 radical (unpaired) electrons. The highest BCUT2D eigenvalue weighted by atomic mass is 16.1. The van der Waals surface area contributed by atoms with Crippen LogP contribution < -0.4 is 5.32 Å². The molecule has 0 bridgehead atoms. The van der Waals surface area contributed by atoms with E-state index in [1.54, 1.807) is 0 Å². The number of unbranched alkanes of at least 4 members (excludes halogenated alkanes) is 1. The predicted octanol–water partition coefficient (Wildman–Crippen LogP) is 11.2. The molecular formula is C43H31NO. The summed E-state index contributed by atoms with van der Waals surface area (Å²) in [5.41, 5.74) is 16.9. The minimum absolute atomic E-state index is 0.0886. The number of benzene rings is 6. The van der Waals surface area contributed by atoms with Crippen LogP contribution in [0.15, 0.2) is 66.7 Å². The van der Waals surface area contributed by atoms with Gasteiger partial charge in [0.2, 0.25) is 5.91 Å². The molecule has 214 valence electrons. The van der Waals surface area contributed by atoms with Crippen LogP contribution in [0.25, 0.3) is 91.0 Å². The quantitative estimate of drug-likeness (QED) is 0.209. The van der Waals surface area contributed by atoms with E-state index >= 15 is 0 Å². The molecule has 0 unspecified atom stereocenters. The van der Waals surface area contributed by atoms with Gasteiger partial charge in [-0.15, -0.1) is 0 Å². The van der Waals surface area contributed by atoms with Crippen LogP contribution in [0.1, 0.15) is 70.7 Å². The molecule has 2 nitrogen and oxygen atoms in total. The van der Waals surface area contributed by atoms with Gasteiger partial charge in [-0.3, -0.25) is 4.79 Å². The summed E-state index contributed by atoms with van der Waals surface area (Å²) in [6, 6.07) is 25.0. The third-order valence-corrected chi connectivity index (χ3v) is 10.6. The fourth-order valence-corrected chi connectivity index (χ4v) is 8.50. The van der Waals surface area contributed by atoms with E-state index in [2.05, 4.69) is 115 Å². The van der Waals surface area contributed by atoms with Crippen LogP contribution in [0.3, 0.4) is 0 Å². The van der Waals surface area contributed by atoms with Gasteiger partial charge >= 0.3 is 0 Å². The molecule has 6 aromatic carbocycles. The first-order valence-corrected chi connectivity index (χ1v) is 16.3. The normalized spacial score (nSPS) is 14.2. The molecule has 45 heavy (non-hydrogen) atoms. The third-order valence-electron chi connectivity index (χ3n) is 10.6. The van der Waals surface area contributed by atoms with Crippen LogP contribution in [0.4, 0.5) is 5.69 Å². The summed E-state index contributed by atoms with van der Waals surface area (Å²) in [5, 5.41) is 11.1. The van der Waals surface area contributed by atoms with E-state index in [4.69, 9.17) is 0 Å². The van der Waals surface area contributed by atoms with E-state index in [0.717, 1.165) is 36.8 Å². The minimum atomic E-state index is 0.0886. The molecule has 6 aromatic rings. The summed E-state index contributed by atoms with van der Waals surface area (Å²) in [7, 11) is 0. The average molecular weight is 578 g/mol. The average Bonchev–Trinajstić information content (AvgIpc) is 3.87. The fourth-order valence-electron chi connectivity index (χ4n) is 8.50. The number of rotatable bonds is 6. The molecule has 2 heteroatoms. The van der Waals surface area contributed by atoms with Crippen molar-refractivity contribution in [3.8, 4) is 22.3 Å². The second-order valence-electron chi connectivity index (χ2n) is 13.0. The van der Waals surface area contributed by atoms with Crippen LogP contribution in [-0.2, 0) is 17.6 Å². The first-order chi connectivity index (χ1) is 22.2. The highest BCUT2D eigenvalue weighted by Gasteiger charge is 2.26. The molecule has 0 aliphatic heterocycles. The van der Waals surface area contributed by atoms with Gasteiger partial charge in [-0.1, -0.05) is 104 Å². The fraction of sp³-hybridized carbons (Fsp3) is 0.140. The zero-order valence-corrected chi connectivity index (χ0v) is 25.3. The lowest BCUT2D eigenvalue weighted by Gasteiger charge is -2.17. The van der Waals surface area contributed by atoms with Crippen LogP contribution in [0.2, 0.25) is 0 Å². The summed E-state index contributed by atoms with van der Waals surface area (Å²) >= 11 is 0. The molecule has 0 saturated carbocycles. The highest BCUT2D eigenvalue weighted by Crippen LogP contribution is 2.49. The summed E-state index contributed by atoms with van der Waals surface area (Å²) < 4.78 is 0. The maximum Gasteiger partial charge on any atom is 0.224 e. The number of hydrogen-bond acceptors (Lipinski definition) is 1. The highest BCUT2D eigenvalue weighted by molar-refractivity contribution is 6.19. The SMILES string of the molecule is CCCCC(=O)Nc1ccc2c3c(c(-c4ccc5ccc(-c6cc7c8c(ccc9c8c6C=C9)CC7)c6c5c4C=C6)ccc13)C=C2. The third kappa shape index (κ3) is 3.43. The Hall–Kier alpha value is -5.21. The van der Waals surface area contributed by atoms with Gasteiger partial charge in [-0.05, 0) is 125 Å². The Bertz CT molecular complexity index is 2450. The van der Waals surface area contributed by atoms with Crippen molar-refractivity contribution in [2.45, 2.75) is 39.0 Å². The van der Waals surface area contributed by atoms with Crippen molar-refractivity contribution in [1.82, 2.24) is 0 Å². The van der Waals surface area contributed by atoms with Crippen LogP contribution >= 0.6 is 0 Å². The lowest BCUT2D eigenvalue weighted by Crippen LogP contribution is -2.11. The summed E-state index contributed by atoms with van der Waals surface area (Å²) in [5.74, 6) is 0.0886. The number of carbonyl (C=O) groups excluding carboxylic acids is 1. The summed E-state index contributed by atoms with van der Waals surface area (Å²) in [4.78, 5) is 12.6. The Kier molecular flexibility index (Phi) is 5.12. The van der Waals surface area contributed by atoms with E-state index in [1.807, 2.05) is 0 Å². The Morgan fingerprint density at radius 2 is 1.22 bits per heavy atom. The second-order valence-corrected chi connectivity index (χ2v) is 13.0. The zero-order chi connectivity index (χ0) is 29.8. The molecule has 0 saturated heterocycles. The van der Waals surface area contributed by atoms with Gasteiger partial charge in [0.15, 0.2) is 0 Å². The molecule has 0 spiro atoms. The van der Waals surface area contributed by atoms with Gasteiger partial charge in [0.25, 0.3) is 0 Å². The van der Waals surface area contributed by atoms with Crippen LogP contribution in [0, 0.1) is 0 Å². The van der Waals surface area contributed by atoms with Crippen molar-refractivity contribution in [1.29, 1.82) is 0 Å². The van der Waals surface area contributed by atoms with Crippen molar-refractivity contribution in [2.24, 2.45) is 0 Å². The molecule has 10 rings (SSSR count). The van der Waals surface area contributed by atoms with Crippen LogP contribution in [-0.4, -0.2) is 5.91 Å². The number of carbonyl (C=O) groups is 1. The van der Waals surface area contributed by atoms with E-state index in [9.17, 15) is 4.79 Å². The second kappa shape index (κ2) is 9.15. The summed E-state index contributed by atoms with van der Waals surface area (Å²) in [6.07, 6.45) is 18.5. The van der Waals surface area contributed by atoms with Crippen molar-refractivity contribution in [3.63, 3.8) is 0 Å². The van der Waals surface area contributed by atoms with Gasteiger partial charge in [-0.2, -0.15) is 0 Å². The Morgan fingerprint density at radius 1 is 0.600 bits per heavy atom. The van der Waals surface area contributed by atoms with E-state index in [-0.39, 0.29) is 5.91 Å². The molecule has 0 atom stereocenters. The lowest BCUT2D eigenvalue weighted by atomic mass is 9.86. The predicted molar refractivity (Wildman–Crippen MR) is 192 cm³/mol. The van der Waals surface area contributed by atoms with Crippen molar-refractivity contribution in [2.75, 3.05) is 5.32 Å². The number of aryl methyl sites for hydroxylation is 2. The van der Waals surface area contributed by atoms with Gasteiger partial charge in [-0.25, -0.2) is 0 Å². The molecule has 0 aromatic heterocycles. The maximum absolute atomic E-state index is 12.6. The van der Waals surface area contributed by atoms with Crippen molar-refractivity contribution in [3.05, 3.63) is 111 Å². The van der Waals surface area contributed by atoms with Crippen molar-refractivity contribution < 1.29 is 4.79 Å². The standard InChI is InChI=1S/C43H31NO/c1-2-3-4-39(45)44-38-22-13-26-11-16-32-30(18-21-36(38)42(26)32)29-14-9-25-10-15-31(34-20-19-33(29)41(25)34)37-23-28-8-7-24-5-6-27-12-17-35(37)43(27)40(24)28/h5-6,9-23H,2-4,7-8H2,1H3,(H,44,45). The Labute approximate surface area is 262 Å². The monoisotopic (exact) mass is 577 g/mol. The van der Waals surface area contributed by atoms with E-state index in [1.165, 1.54) is 93.7 Å².